The Morgan fingerprint density at radius 3 is 2.67 bits per heavy atom. The normalized spacial score (nSPS) is 12.7. The first-order valence-corrected chi connectivity index (χ1v) is 7.45. The van der Waals surface area contributed by atoms with E-state index in [0.717, 1.165) is 19.3 Å². The van der Waals surface area contributed by atoms with Gasteiger partial charge in [0.2, 0.25) is 0 Å². The van der Waals surface area contributed by atoms with Crippen molar-refractivity contribution < 1.29 is 9.53 Å². The molecule has 0 aliphatic carbocycles. The third-order valence-corrected chi connectivity index (χ3v) is 3.10. The molecule has 0 saturated heterocycles. The summed E-state index contributed by atoms with van der Waals surface area (Å²) >= 11 is 0. The molecule has 0 aliphatic rings. The van der Waals surface area contributed by atoms with Crippen LogP contribution in [0.4, 0.5) is 0 Å². The number of aromatic nitrogens is 1. The smallest absolute Gasteiger partial charge is 0.357 e. The van der Waals surface area contributed by atoms with Crippen molar-refractivity contribution in [3.05, 3.63) is 53.4 Å². The van der Waals surface area contributed by atoms with E-state index in [-0.39, 0.29) is 12.1 Å². The average Bonchev–Trinajstić information content (AvgIpc) is 2.47. The Labute approximate surface area is 127 Å². The average molecular weight is 287 g/mol. The molecule has 1 heterocycles. The fourth-order valence-electron chi connectivity index (χ4n) is 1.91. The number of hydrogen-bond donors (Lipinski definition) is 0. The number of esters is 1. The lowest BCUT2D eigenvalue weighted by Gasteiger charge is -2.13. The Balaban J connectivity index is 2.58. The first kappa shape index (κ1) is 17.2. The van der Waals surface area contributed by atoms with Crippen LogP contribution in [0.15, 0.2) is 47.7 Å². The van der Waals surface area contributed by atoms with Crippen LogP contribution in [0.3, 0.4) is 0 Å². The molecule has 0 unspecified atom stereocenters. The van der Waals surface area contributed by atoms with Gasteiger partial charge in [-0.3, -0.25) is 0 Å². The van der Waals surface area contributed by atoms with Gasteiger partial charge in [0.05, 0.1) is 0 Å². The third kappa shape index (κ3) is 6.89. The quantitative estimate of drug-likeness (QED) is 0.538. The van der Waals surface area contributed by atoms with E-state index in [0.29, 0.717) is 5.69 Å². The van der Waals surface area contributed by atoms with Crippen molar-refractivity contribution in [2.45, 2.75) is 53.1 Å². The van der Waals surface area contributed by atoms with Crippen molar-refractivity contribution in [2.75, 3.05) is 0 Å². The fraction of sp³-hybridized carbons (Fsp3) is 0.444. The molecule has 0 aliphatic heterocycles. The SMILES string of the molecule is CC[C@H](/C=C(\C)CCC=C(C)C)OC(=O)c1ccccn1. The van der Waals surface area contributed by atoms with Crippen molar-refractivity contribution in [3.8, 4) is 0 Å². The minimum absolute atomic E-state index is 0.189. The second kappa shape index (κ2) is 9.11. The number of pyridine rings is 1. The monoisotopic (exact) mass is 287 g/mol. The molecule has 21 heavy (non-hydrogen) atoms. The molecule has 0 saturated carbocycles. The van der Waals surface area contributed by atoms with Crippen LogP contribution in [0.2, 0.25) is 0 Å². The molecule has 1 aromatic rings. The predicted molar refractivity (Wildman–Crippen MR) is 86.2 cm³/mol. The highest BCUT2D eigenvalue weighted by Gasteiger charge is 2.13. The second-order valence-corrected chi connectivity index (χ2v) is 5.40. The number of ether oxygens (including phenoxy) is 1. The molecule has 0 fully saturated rings. The lowest BCUT2D eigenvalue weighted by atomic mass is 10.1. The zero-order chi connectivity index (χ0) is 15.7. The molecule has 0 aromatic carbocycles. The van der Waals surface area contributed by atoms with E-state index >= 15 is 0 Å². The number of carbonyl (C=O) groups is 1. The molecule has 0 spiro atoms. The molecule has 1 atom stereocenters. The van der Waals surface area contributed by atoms with E-state index in [1.54, 1.807) is 24.4 Å². The highest BCUT2D eigenvalue weighted by atomic mass is 16.5. The molecule has 0 radical (unpaired) electrons. The number of rotatable bonds is 7. The Morgan fingerprint density at radius 1 is 1.33 bits per heavy atom. The molecule has 0 N–H and O–H groups in total. The van der Waals surface area contributed by atoms with E-state index in [4.69, 9.17) is 4.74 Å². The minimum Gasteiger partial charge on any atom is -0.453 e. The van der Waals surface area contributed by atoms with Gasteiger partial charge in [-0.25, -0.2) is 9.78 Å². The van der Waals surface area contributed by atoms with Gasteiger partial charge in [-0.15, -0.1) is 0 Å². The zero-order valence-electron chi connectivity index (χ0n) is 13.4. The van der Waals surface area contributed by atoms with Gasteiger partial charge in [-0.1, -0.05) is 30.2 Å². The van der Waals surface area contributed by atoms with Crippen LogP contribution in [0.25, 0.3) is 0 Å². The Hall–Kier alpha value is -1.90. The van der Waals surface area contributed by atoms with E-state index in [1.165, 1.54) is 11.1 Å². The van der Waals surface area contributed by atoms with Gasteiger partial charge in [0.15, 0.2) is 0 Å². The van der Waals surface area contributed by atoms with Gasteiger partial charge in [0.1, 0.15) is 11.8 Å². The Morgan fingerprint density at radius 2 is 2.10 bits per heavy atom. The first-order chi connectivity index (χ1) is 10.0. The number of carbonyl (C=O) groups excluding carboxylic acids is 1. The van der Waals surface area contributed by atoms with Gasteiger partial charge in [-0.2, -0.15) is 0 Å². The molecule has 114 valence electrons. The minimum atomic E-state index is -0.365. The van der Waals surface area contributed by atoms with Crippen molar-refractivity contribution in [1.29, 1.82) is 0 Å². The Kier molecular flexibility index (Phi) is 7.44. The summed E-state index contributed by atoms with van der Waals surface area (Å²) in [6.07, 6.45) is 8.44. The molecule has 3 nitrogen and oxygen atoms in total. The van der Waals surface area contributed by atoms with Gasteiger partial charge in [0, 0.05) is 6.20 Å². The molecule has 3 heteroatoms. The van der Waals surface area contributed by atoms with E-state index in [2.05, 4.69) is 31.8 Å². The van der Waals surface area contributed by atoms with E-state index in [9.17, 15) is 4.79 Å². The summed E-state index contributed by atoms with van der Waals surface area (Å²) in [7, 11) is 0. The van der Waals surface area contributed by atoms with Crippen LogP contribution in [-0.4, -0.2) is 17.1 Å². The Bertz CT molecular complexity index is 499. The summed E-state index contributed by atoms with van der Waals surface area (Å²) in [6.45, 7) is 8.29. The molecular formula is C18H25NO2. The van der Waals surface area contributed by atoms with Gasteiger partial charge in [0.25, 0.3) is 0 Å². The maximum absolute atomic E-state index is 12.0. The molecule has 0 bridgehead atoms. The van der Waals surface area contributed by atoms with Crippen LogP contribution >= 0.6 is 0 Å². The molecule has 1 rings (SSSR count). The summed E-state index contributed by atoms with van der Waals surface area (Å²) in [5, 5.41) is 0. The molecule has 1 aromatic heterocycles. The van der Waals surface area contributed by atoms with Crippen molar-refractivity contribution in [2.24, 2.45) is 0 Å². The van der Waals surface area contributed by atoms with E-state index < -0.39 is 0 Å². The van der Waals surface area contributed by atoms with Crippen LogP contribution in [-0.2, 0) is 4.74 Å². The maximum atomic E-state index is 12.0. The third-order valence-electron chi connectivity index (χ3n) is 3.10. The predicted octanol–water partition coefficient (Wildman–Crippen LogP) is 4.71. The van der Waals surface area contributed by atoms with Gasteiger partial charge < -0.3 is 4.74 Å². The summed E-state index contributed by atoms with van der Waals surface area (Å²) < 4.78 is 5.49. The number of nitrogens with zero attached hydrogens (tertiary/aromatic N) is 1. The van der Waals surface area contributed by atoms with Gasteiger partial charge in [-0.05, 0) is 58.2 Å². The van der Waals surface area contributed by atoms with Crippen LogP contribution < -0.4 is 0 Å². The summed E-state index contributed by atoms with van der Waals surface area (Å²) in [5.41, 5.74) is 2.93. The largest absolute Gasteiger partial charge is 0.453 e. The number of hydrogen-bond acceptors (Lipinski definition) is 3. The van der Waals surface area contributed by atoms with Crippen LogP contribution in [0, 0.1) is 0 Å². The summed E-state index contributed by atoms with van der Waals surface area (Å²) in [4.78, 5) is 16.0. The maximum Gasteiger partial charge on any atom is 0.357 e. The standard InChI is InChI=1S/C18H25NO2/c1-5-16(13-15(4)10-8-9-14(2)3)21-18(20)17-11-6-7-12-19-17/h6-7,9,11-13,16H,5,8,10H2,1-4H3/b15-13+/t16-/m1/s1. The van der Waals surface area contributed by atoms with Crippen LogP contribution in [0.5, 0.6) is 0 Å². The molecular weight excluding hydrogens is 262 g/mol. The number of allylic oxidation sites excluding steroid dienone is 3. The highest BCUT2D eigenvalue weighted by molar-refractivity contribution is 5.87. The lowest BCUT2D eigenvalue weighted by Crippen LogP contribution is -2.16. The summed E-state index contributed by atoms with van der Waals surface area (Å²) in [6, 6.07) is 5.23. The second-order valence-electron chi connectivity index (χ2n) is 5.40. The first-order valence-electron chi connectivity index (χ1n) is 7.45. The van der Waals surface area contributed by atoms with Crippen molar-refractivity contribution >= 4 is 5.97 Å². The molecule has 0 amide bonds. The van der Waals surface area contributed by atoms with E-state index in [1.807, 2.05) is 13.0 Å². The summed E-state index contributed by atoms with van der Waals surface area (Å²) in [5.74, 6) is -0.365. The van der Waals surface area contributed by atoms with Crippen molar-refractivity contribution in [3.63, 3.8) is 0 Å². The van der Waals surface area contributed by atoms with Crippen LogP contribution in [0.1, 0.15) is 57.4 Å². The topological polar surface area (TPSA) is 39.2 Å². The van der Waals surface area contributed by atoms with Gasteiger partial charge >= 0.3 is 5.97 Å². The fourth-order valence-corrected chi connectivity index (χ4v) is 1.91. The lowest BCUT2D eigenvalue weighted by molar-refractivity contribution is 0.0380. The zero-order valence-corrected chi connectivity index (χ0v) is 13.4. The highest BCUT2D eigenvalue weighted by Crippen LogP contribution is 2.12. The van der Waals surface area contributed by atoms with Crippen molar-refractivity contribution in [1.82, 2.24) is 4.98 Å².